The standard InChI is InChI=1S/C20H22N4O2S/c1-2-26-16-7-5-14(6-8-16)20(25)21-15-9-10-24(13-15)19-12-17(22-23-19)18-4-3-11-27-18/h3-8,11-12,15H,2,9-10,13H2,1H3,(H,21,25)(H,22,23)/t15-/m1/s1. The molecule has 0 saturated carbocycles. The lowest BCUT2D eigenvalue weighted by Gasteiger charge is -2.16. The second-order valence-electron chi connectivity index (χ2n) is 6.48. The van der Waals surface area contributed by atoms with E-state index in [1.807, 2.05) is 25.1 Å². The maximum Gasteiger partial charge on any atom is 0.251 e. The molecule has 2 aromatic heterocycles. The van der Waals surface area contributed by atoms with Gasteiger partial charge in [0.15, 0.2) is 5.82 Å². The van der Waals surface area contributed by atoms with Crippen LogP contribution in [0.4, 0.5) is 5.82 Å². The number of thiophene rings is 1. The normalized spacial score (nSPS) is 16.5. The number of carbonyl (C=O) groups excluding carboxylic acids is 1. The van der Waals surface area contributed by atoms with Crippen molar-refractivity contribution in [1.29, 1.82) is 0 Å². The number of rotatable bonds is 6. The fraction of sp³-hybridized carbons (Fsp3) is 0.300. The van der Waals surface area contributed by atoms with Crippen LogP contribution >= 0.6 is 11.3 Å². The van der Waals surface area contributed by atoms with Crippen molar-refractivity contribution in [2.45, 2.75) is 19.4 Å². The Hall–Kier alpha value is -2.80. The molecular weight excluding hydrogens is 360 g/mol. The summed E-state index contributed by atoms with van der Waals surface area (Å²) in [7, 11) is 0. The third kappa shape index (κ3) is 3.98. The Morgan fingerprint density at radius 1 is 1.37 bits per heavy atom. The van der Waals surface area contributed by atoms with Gasteiger partial charge in [0, 0.05) is 30.8 Å². The first-order chi connectivity index (χ1) is 13.2. The fourth-order valence-corrected chi connectivity index (χ4v) is 3.95. The summed E-state index contributed by atoms with van der Waals surface area (Å²) in [4.78, 5) is 15.9. The molecule has 0 unspecified atom stereocenters. The summed E-state index contributed by atoms with van der Waals surface area (Å²) in [6, 6.07) is 13.6. The van der Waals surface area contributed by atoms with E-state index < -0.39 is 0 Å². The number of amides is 1. The van der Waals surface area contributed by atoms with Gasteiger partial charge in [-0.05, 0) is 49.1 Å². The summed E-state index contributed by atoms with van der Waals surface area (Å²) in [5.74, 6) is 1.66. The SMILES string of the molecule is CCOc1ccc(C(=O)N[C@@H]2CCN(c3cc(-c4cccs4)[nH]n3)C2)cc1. The van der Waals surface area contributed by atoms with Crippen LogP contribution in [0, 0.1) is 0 Å². The Morgan fingerprint density at radius 3 is 2.96 bits per heavy atom. The maximum absolute atomic E-state index is 12.5. The molecular formula is C20H22N4O2S. The Bertz CT molecular complexity index is 889. The first kappa shape index (κ1) is 17.6. The van der Waals surface area contributed by atoms with E-state index in [0.717, 1.165) is 36.8 Å². The van der Waals surface area contributed by atoms with Gasteiger partial charge >= 0.3 is 0 Å². The molecule has 27 heavy (non-hydrogen) atoms. The van der Waals surface area contributed by atoms with E-state index in [1.54, 1.807) is 23.5 Å². The van der Waals surface area contributed by atoms with Crippen LogP contribution in [0.5, 0.6) is 5.75 Å². The lowest BCUT2D eigenvalue weighted by atomic mass is 10.2. The highest BCUT2D eigenvalue weighted by Crippen LogP contribution is 2.27. The largest absolute Gasteiger partial charge is 0.494 e. The molecule has 7 heteroatoms. The number of aromatic amines is 1. The van der Waals surface area contributed by atoms with Crippen molar-refractivity contribution >= 4 is 23.1 Å². The summed E-state index contributed by atoms with van der Waals surface area (Å²) < 4.78 is 5.42. The van der Waals surface area contributed by atoms with Crippen molar-refractivity contribution in [3.8, 4) is 16.3 Å². The van der Waals surface area contributed by atoms with E-state index in [9.17, 15) is 4.79 Å². The smallest absolute Gasteiger partial charge is 0.251 e. The van der Waals surface area contributed by atoms with Crippen LogP contribution in [0.2, 0.25) is 0 Å². The number of carbonyl (C=O) groups is 1. The second-order valence-corrected chi connectivity index (χ2v) is 7.43. The highest BCUT2D eigenvalue weighted by atomic mass is 32.1. The van der Waals surface area contributed by atoms with Gasteiger partial charge in [-0.15, -0.1) is 11.3 Å². The molecule has 1 amide bonds. The highest BCUT2D eigenvalue weighted by Gasteiger charge is 2.26. The molecule has 0 bridgehead atoms. The minimum Gasteiger partial charge on any atom is -0.494 e. The molecule has 2 N–H and O–H groups in total. The van der Waals surface area contributed by atoms with Crippen molar-refractivity contribution in [3.05, 3.63) is 53.4 Å². The Kier molecular flexibility index (Phi) is 5.11. The number of nitrogens with zero attached hydrogens (tertiary/aromatic N) is 2. The minimum atomic E-state index is -0.0498. The molecule has 6 nitrogen and oxygen atoms in total. The molecule has 3 heterocycles. The molecule has 0 radical (unpaired) electrons. The fourth-order valence-electron chi connectivity index (χ4n) is 3.26. The lowest BCUT2D eigenvalue weighted by molar-refractivity contribution is 0.0940. The van der Waals surface area contributed by atoms with E-state index in [2.05, 4.69) is 37.9 Å². The quantitative estimate of drug-likeness (QED) is 0.684. The lowest BCUT2D eigenvalue weighted by Crippen LogP contribution is -2.37. The van der Waals surface area contributed by atoms with Gasteiger partial charge in [0.2, 0.25) is 0 Å². The first-order valence-corrected chi connectivity index (χ1v) is 9.99. The van der Waals surface area contributed by atoms with Crippen LogP contribution in [-0.2, 0) is 0 Å². The van der Waals surface area contributed by atoms with Crippen LogP contribution in [-0.4, -0.2) is 41.8 Å². The molecule has 1 atom stereocenters. The highest BCUT2D eigenvalue weighted by molar-refractivity contribution is 7.13. The van der Waals surface area contributed by atoms with E-state index in [-0.39, 0.29) is 11.9 Å². The van der Waals surface area contributed by atoms with E-state index in [0.29, 0.717) is 12.2 Å². The molecule has 140 valence electrons. The Balaban J connectivity index is 1.35. The number of aromatic nitrogens is 2. The van der Waals surface area contributed by atoms with E-state index in [4.69, 9.17) is 4.74 Å². The second kappa shape index (κ2) is 7.84. The van der Waals surface area contributed by atoms with Gasteiger partial charge in [0.05, 0.1) is 17.2 Å². The molecule has 1 fully saturated rings. The summed E-state index contributed by atoms with van der Waals surface area (Å²) in [5, 5.41) is 12.7. The third-order valence-electron chi connectivity index (χ3n) is 4.63. The van der Waals surface area contributed by atoms with Crippen molar-refractivity contribution in [2.75, 3.05) is 24.6 Å². The molecule has 1 saturated heterocycles. The zero-order valence-corrected chi connectivity index (χ0v) is 16.0. The number of benzene rings is 1. The summed E-state index contributed by atoms with van der Waals surface area (Å²) in [6.45, 7) is 4.19. The van der Waals surface area contributed by atoms with Gasteiger partial charge in [0.1, 0.15) is 5.75 Å². The van der Waals surface area contributed by atoms with Crippen molar-refractivity contribution in [2.24, 2.45) is 0 Å². The zero-order chi connectivity index (χ0) is 18.6. The summed E-state index contributed by atoms with van der Waals surface area (Å²) >= 11 is 1.69. The summed E-state index contributed by atoms with van der Waals surface area (Å²) in [6.07, 6.45) is 0.907. The molecule has 3 aromatic rings. The number of hydrogen-bond donors (Lipinski definition) is 2. The first-order valence-electron chi connectivity index (χ1n) is 9.11. The maximum atomic E-state index is 12.5. The van der Waals surface area contributed by atoms with Gasteiger partial charge < -0.3 is 15.0 Å². The molecule has 1 aromatic carbocycles. The van der Waals surface area contributed by atoms with E-state index >= 15 is 0 Å². The number of ether oxygens (including phenoxy) is 1. The van der Waals surface area contributed by atoms with Crippen molar-refractivity contribution in [1.82, 2.24) is 15.5 Å². The number of hydrogen-bond acceptors (Lipinski definition) is 5. The molecule has 0 aliphatic carbocycles. The number of anilines is 1. The predicted molar refractivity (Wildman–Crippen MR) is 108 cm³/mol. The number of nitrogens with one attached hydrogen (secondary N) is 2. The monoisotopic (exact) mass is 382 g/mol. The Labute approximate surface area is 162 Å². The zero-order valence-electron chi connectivity index (χ0n) is 15.1. The average molecular weight is 382 g/mol. The average Bonchev–Trinajstić information content (AvgIpc) is 3.43. The topological polar surface area (TPSA) is 70.2 Å². The molecule has 1 aliphatic rings. The van der Waals surface area contributed by atoms with Crippen LogP contribution in [0.15, 0.2) is 47.8 Å². The predicted octanol–water partition coefficient (Wildman–Crippen LogP) is 3.55. The molecule has 4 rings (SSSR count). The van der Waals surface area contributed by atoms with Gasteiger partial charge in [-0.25, -0.2) is 0 Å². The van der Waals surface area contributed by atoms with Crippen molar-refractivity contribution in [3.63, 3.8) is 0 Å². The molecule has 0 spiro atoms. The minimum absolute atomic E-state index is 0.0498. The van der Waals surface area contributed by atoms with Crippen LogP contribution < -0.4 is 15.0 Å². The summed E-state index contributed by atoms with van der Waals surface area (Å²) in [5.41, 5.74) is 1.68. The van der Waals surface area contributed by atoms with E-state index in [1.165, 1.54) is 4.88 Å². The van der Waals surface area contributed by atoms with Crippen LogP contribution in [0.3, 0.4) is 0 Å². The number of H-pyrrole nitrogens is 1. The van der Waals surface area contributed by atoms with Crippen LogP contribution in [0.1, 0.15) is 23.7 Å². The van der Waals surface area contributed by atoms with Gasteiger partial charge in [-0.2, -0.15) is 5.10 Å². The van der Waals surface area contributed by atoms with Crippen molar-refractivity contribution < 1.29 is 9.53 Å². The van der Waals surface area contributed by atoms with Gasteiger partial charge in [-0.1, -0.05) is 6.07 Å². The third-order valence-corrected chi connectivity index (χ3v) is 5.53. The van der Waals surface area contributed by atoms with Gasteiger partial charge in [0.25, 0.3) is 5.91 Å². The van der Waals surface area contributed by atoms with Gasteiger partial charge in [-0.3, -0.25) is 9.89 Å². The molecule has 1 aliphatic heterocycles. The Morgan fingerprint density at radius 2 is 2.22 bits per heavy atom. The van der Waals surface area contributed by atoms with Crippen LogP contribution in [0.25, 0.3) is 10.6 Å².